The van der Waals surface area contributed by atoms with Crippen molar-refractivity contribution in [3.05, 3.63) is 251 Å². The van der Waals surface area contributed by atoms with Gasteiger partial charge in [0.25, 0.3) is 0 Å². The maximum absolute atomic E-state index is 2.69. The molecule has 12 aromatic carbocycles. The van der Waals surface area contributed by atoms with Crippen molar-refractivity contribution in [1.29, 1.82) is 0 Å². The quantitative estimate of drug-likeness (QED) is 0.101. The Morgan fingerprint density at radius 1 is 0.348 bits per heavy atom. The Labute approximate surface area is 544 Å². The molecule has 0 spiro atoms. The van der Waals surface area contributed by atoms with Crippen molar-refractivity contribution < 1.29 is 0 Å². The predicted molar refractivity (Wildman–Crippen MR) is 396 cm³/mol. The van der Waals surface area contributed by atoms with Crippen LogP contribution in [-0.4, -0.2) is 9.13 Å². The molecule has 0 radical (unpaired) electrons. The molecule has 0 fully saturated rings. The number of hydrogen-bond acceptors (Lipinski definition) is 2. The molecular formula is C88H86N4. The Morgan fingerprint density at radius 2 is 0.717 bits per heavy atom. The van der Waals surface area contributed by atoms with Gasteiger partial charge < -0.3 is 18.9 Å². The van der Waals surface area contributed by atoms with Crippen LogP contribution in [0.1, 0.15) is 164 Å². The van der Waals surface area contributed by atoms with E-state index in [0.717, 1.165) is 38.5 Å². The molecule has 0 saturated heterocycles. The van der Waals surface area contributed by atoms with Gasteiger partial charge in [0, 0.05) is 66.4 Å². The molecule has 2 heterocycles. The van der Waals surface area contributed by atoms with E-state index in [1.807, 2.05) is 0 Å². The summed E-state index contributed by atoms with van der Waals surface area (Å²) in [5, 5.41) is 13.0. The van der Waals surface area contributed by atoms with E-state index in [2.05, 4.69) is 294 Å². The highest BCUT2D eigenvalue weighted by Gasteiger charge is 2.31. The molecular weight excluding hydrogens is 1110 g/mol. The zero-order valence-corrected chi connectivity index (χ0v) is 55.6. The van der Waals surface area contributed by atoms with Crippen LogP contribution in [0.4, 0.5) is 34.1 Å². The minimum atomic E-state index is 0.0915. The monoisotopic (exact) mass is 1200 g/mol. The summed E-state index contributed by atoms with van der Waals surface area (Å²) in [5.74, 6) is 0.499. The van der Waals surface area contributed by atoms with Gasteiger partial charge in [-0.3, -0.25) is 0 Å². The summed E-state index contributed by atoms with van der Waals surface area (Å²) in [7, 11) is 0. The number of para-hydroxylation sites is 2. The van der Waals surface area contributed by atoms with Crippen LogP contribution in [0, 0.1) is 0 Å². The number of fused-ring (bicyclic) bond motifs is 8. The van der Waals surface area contributed by atoms with Crippen LogP contribution in [0.25, 0.3) is 87.3 Å². The first-order valence-electron chi connectivity index (χ1n) is 34.6. The smallest absolute Gasteiger partial charge is 0.0561 e. The summed E-state index contributed by atoms with van der Waals surface area (Å²) >= 11 is 0. The van der Waals surface area contributed by atoms with Crippen LogP contribution in [0.15, 0.2) is 206 Å². The lowest BCUT2D eigenvalue weighted by molar-refractivity contribution is 0.506. The normalized spacial score (nSPS) is 13.9. The van der Waals surface area contributed by atoms with Crippen molar-refractivity contribution in [3.63, 3.8) is 0 Å². The summed E-state index contributed by atoms with van der Waals surface area (Å²) in [5.41, 5.74) is 26.2. The molecule has 0 unspecified atom stereocenters. The van der Waals surface area contributed by atoms with Crippen molar-refractivity contribution in [3.8, 4) is 11.4 Å². The number of nitrogens with zero attached hydrogens (tertiary/aromatic N) is 4. The zero-order chi connectivity index (χ0) is 62.9. The second-order valence-electron chi connectivity index (χ2n) is 28.9. The van der Waals surface area contributed by atoms with Crippen LogP contribution in [0.3, 0.4) is 0 Å². The number of anilines is 6. The van der Waals surface area contributed by atoms with Crippen LogP contribution in [-0.2, 0) is 36.5 Å². The summed E-state index contributed by atoms with van der Waals surface area (Å²) in [6.45, 7) is 23.7. The van der Waals surface area contributed by atoms with E-state index in [-0.39, 0.29) is 22.7 Å². The van der Waals surface area contributed by atoms with Gasteiger partial charge in [0.05, 0.1) is 33.4 Å². The molecule has 0 atom stereocenters. The first-order chi connectivity index (χ1) is 44.7. The zero-order valence-electron chi connectivity index (χ0n) is 55.6. The van der Waals surface area contributed by atoms with Crippen molar-refractivity contribution in [2.45, 2.75) is 156 Å². The summed E-state index contributed by atoms with van der Waals surface area (Å²) in [4.78, 5) is 5.38. The highest BCUT2D eigenvalue weighted by atomic mass is 15.2. The molecule has 4 heteroatoms. The van der Waals surface area contributed by atoms with Crippen molar-refractivity contribution in [2.75, 3.05) is 9.80 Å². The number of aryl methyl sites for hydroxylation is 2. The van der Waals surface area contributed by atoms with E-state index in [1.165, 1.54) is 192 Å². The first kappa shape index (κ1) is 58.0. The number of rotatable bonds is 14. The Balaban J connectivity index is 0.972. The standard InChI is InChI=1S/C88H86N4/c1-11-87(7,8)59-35-39-61(40-36-59)89-79-31-19-17-29-67(79)69-45-43-63(51-81(69)89)91(77-33-21-25-57-23-13-15-27-65(57)77)83-53-75(55(3)4)71-48-50-74-84(54-76(56(5)6)72-47-49-73(83)85(71)86(72)74)92(78-34-22-26-58-24-14-16-28-66(58)78)64-44-46-70-68-30-18-20-32-80(68)90(82(70)52-64)62-41-37-60(38-42-62)88(9,10)12-2/h17-22,25-26,29-56H,11-16,23-24,27-28H2,1-10H3. The molecule has 0 saturated carbocycles. The van der Waals surface area contributed by atoms with Crippen LogP contribution < -0.4 is 9.80 Å². The van der Waals surface area contributed by atoms with Gasteiger partial charge in [-0.15, -0.1) is 0 Å². The summed E-state index contributed by atoms with van der Waals surface area (Å²) in [6, 6.07) is 81.1. The Kier molecular flexibility index (Phi) is 14.1. The summed E-state index contributed by atoms with van der Waals surface area (Å²) < 4.78 is 5.04. The number of benzene rings is 12. The topological polar surface area (TPSA) is 16.3 Å². The average molecular weight is 1200 g/mol. The molecule has 458 valence electrons. The van der Waals surface area contributed by atoms with E-state index in [4.69, 9.17) is 0 Å². The molecule has 92 heavy (non-hydrogen) atoms. The second kappa shape index (κ2) is 22.3. The Bertz CT molecular complexity index is 4870. The molecule has 4 nitrogen and oxygen atoms in total. The third-order valence-electron chi connectivity index (χ3n) is 22.3. The fourth-order valence-electron chi connectivity index (χ4n) is 16.4. The molecule has 16 rings (SSSR count). The van der Waals surface area contributed by atoms with Gasteiger partial charge in [0.15, 0.2) is 0 Å². The fraction of sp³-hybridized carbons (Fsp3) is 0.273. The number of aromatic nitrogens is 2. The Hall–Kier alpha value is -9.12. The molecule has 0 amide bonds. The Morgan fingerprint density at radius 3 is 1.12 bits per heavy atom. The van der Waals surface area contributed by atoms with Gasteiger partial charge in [0.1, 0.15) is 0 Å². The predicted octanol–water partition coefficient (Wildman–Crippen LogP) is 25.1. The molecule has 0 N–H and O–H groups in total. The van der Waals surface area contributed by atoms with E-state index < -0.39 is 0 Å². The SMILES string of the molecule is CCC(C)(C)c1ccc(-n2c3ccccc3c3ccc(N(c4cccc5c4CCCC5)c4cc(C(C)C)c5ccc6c(N(c7ccc8c9ccccc9n(-c9ccc(C(C)(C)CC)cc9)c8c7)c7cccc8c7CCCC8)cc(C(C)C)c7ccc4c5c76)cc32)cc1. The summed E-state index contributed by atoms with van der Waals surface area (Å²) in [6.07, 6.45) is 11.3. The maximum atomic E-state index is 2.69. The van der Waals surface area contributed by atoms with Gasteiger partial charge in [-0.05, 0) is 238 Å². The molecule has 0 aliphatic heterocycles. The van der Waals surface area contributed by atoms with Crippen LogP contribution in [0.2, 0.25) is 0 Å². The second-order valence-corrected chi connectivity index (χ2v) is 28.9. The van der Waals surface area contributed by atoms with E-state index in [1.54, 1.807) is 0 Å². The minimum Gasteiger partial charge on any atom is -0.309 e. The molecule has 0 bridgehead atoms. The lowest BCUT2D eigenvalue weighted by Crippen LogP contribution is -2.17. The van der Waals surface area contributed by atoms with Gasteiger partial charge >= 0.3 is 0 Å². The van der Waals surface area contributed by atoms with E-state index >= 15 is 0 Å². The third kappa shape index (κ3) is 9.20. The van der Waals surface area contributed by atoms with Crippen molar-refractivity contribution >= 4 is 110 Å². The highest BCUT2D eigenvalue weighted by Crippen LogP contribution is 2.54. The molecule has 14 aromatic rings. The molecule has 2 aromatic heterocycles. The lowest BCUT2D eigenvalue weighted by Gasteiger charge is -2.34. The molecule has 2 aliphatic carbocycles. The highest BCUT2D eigenvalue weighted by molar-refractivity contribution is 6.30. The van der Waals surface area contributed by atoms with Crippen LogP contribution >= 0.6 is 0 Å². The average Bonchev–Trinajstić information content (AvgIpc) is 0.814. The van der Waals surface area contributed by atoms with Crippen LogP contribution in [0.5, 0.6) is 0 Å². The largest absolute Gasteiger partial charge is 0.309 e. The van der Waals surface area contributed by atoms with Gasteiger partial charge in [-0.2, -0.15) is 0 Å². The van der Waals surface area contributed by atoms with Gasteiger partial charge in [0.2, 0.25) is 0 Å². The van der Waals surface area contributed by atoms with Crippen molar-refractivity contribution in [2.24, 2.45) is 0 Å². The first-order valence-corrected chi connectivity index (χ1v) is 34.6. The van der Waals surface area contributed by atoms with Crippen molar-refractivity contribution in [1.82, 2.24) is 9.13 Å². The minimum absolute atomic E-state index is 0.0915. The van der Waals surface area contributed by atoms with E-state index in [0.29, 0.717) is 0 Å². The number of hydrogen-bond donors (Lipinski definition) is 0. The molecule has 2 aliphatic rings. The van der Waals surface area contributed by atoms with Gasteiger partial charge in [-0.25, -0.2) is 0 Å². The lowest BCUT2D eigenvalue weighted by atomic mass is 9.82. The van der Waals surface area contributed by atoms with Gasteiger partial charge in [-0.1, -0.05) is 191 Å². The van der Waals surface area contributed by atoms with E-state index in [9.17, 15) is 0 Å². The fourth-order valence-corrected chi connectivity index (χ4v) is 16.4. The maximum Gasteiger partial charge on any atom is 0.0561 e. The third-order valence-corrected chi connectivity index (χ3v) is 22.3.